The third-order valence-electron chi connectivity index (χ3n) is 4.07. The van der Waals surface area contributed by atoms with Crippen LogP contribution in [0.15, 0.2) is 28.7 Å². The van der Waals surface area contributed by atoms with Crippen LogP contribution in [0.3, 0.4) is 0 Å². The molecule has 1 aromatic carbocycles. The number of carboxylic acid groups (broad SMARTS) is 1. The van der Waals surface area contributed by atoms with Crippen LogP contribution >= 0.6 is 15.9 Å². The summed E-state index contributed by atoms with van der Waals surface area (Å²) in [6.07, 6.45) is 2.86. The molecule has 1 amide bonds. The van der Waals surface area contributed by atoms with E-state index >= 15 is 0 Å². The number of carbonyl (C=O) groups excluding carboxylic acids is 1. The lowest BCUT2D eigenvalue weighted by Crippen LogP contribution is -2.45. The number of amides is 1. The van der Waals surface area contributed by atoms with Gasteiger partial charge in [0.2, 0.25) is 5.91 Å². The van der Waals surface area contributed by atoms with Crippen LogP contribution in [-0.2, 0) is 20.7 Å². The molecular formula is C17H22BrNO4. The summed E-state index contributed by atoms with van der Waals surface area (Å²) in [5.74, 6) is -1.38. The van der Waals surface area contributed by atoms with Crippen molar-refractivity contribution in [2.45, 2.75) is 31.7 Å². The van der Waals surface area contributed by atoms with Gasteiger partial charge in [-0.05, 0) is 49.3 Å². The summed E-state index contributed by atoms with van der Waals surface area (Å²) in [6, 6.07) is 7.03. The van der Waals surface area contributed by atoms with Gasteiger partial charge in [0.15, 0.2) is 0 Å². The number of halogens is 1. The molecule has 2 N–H and O–H groups in total. The molecule has 2 rings (SSSR count). The zero-order chi connectivity index (χ0) is 16.8. The van der Waals surface area contributed by atoms with Crippen molar-refractivity contribution in [2.24, 2.45) is 11.8 Å². The molecule has 0 bridgehead atoms. The van der Waals surface area contributed by atoms with E-state index in [1.165, 1.54) is 0 Å². The predicted octanol–water partition coefficient (Wildman–Crippen LogP) is 2.62. The molecule has 5 nitrogen and oxygen atoms in total. The molecule has 0 spiro atoms. The molecule has 0 heterocycles. The van der Waals surface area contributed by atoms with E-state index < -0.39 is 12.0 Å². The minimum atomic E-state index is -0.950. The summed E-state index contributed by atoms with van der Waals surface area (Å²) in [5.41, 5.74) is 1.04. The SMILES string of the molecule is COCCC(Cc1cccc(Br)c1)C(=O)NC(C(=O)O)C1CC1. The maximum Gasteiger partial charge on any atom is 0.326 e. The first kappa shape index (κ1) is 17.9. The molecule has 0 aliphatic heterocycles. The van der Waals surface area contributed by atoms with Crippen molar-refractivity contribution in [3.63, 3.8) is 0 Å². The van der Waals surface area contributed by atoms with Crippen LogP contribution in [-0.4, -0.2) is 36.7 Å². The molecule has 0 radical (unpaired) electrons. The van der Waals surface area contributed by atoms with E-state index in [9.17, 15) is 14.7 Å². The highest BCUT2D eigenvalue weighted by Crippen LogP contribution is 2.33. The largest absolute Gasteiger partial charge is 0.480 e. The summed E-state index contributed by atoms with van der Waals surface area (Å²) in [4.78, 5) is 23.9. The van der Waals surface area contributed by atoms with Gasteiger partial charge in [-0.25, -0.2) is 4.79 Å². The van der Waals surface area contributed by atoms with E-state index in [-0.39, 0.29) is 17.7 Å². The van der Waals surface area contributed by atoms with Crippen molar-refractivity contribution in [2.75, 3.05) is 13.7 Å². The molecule has 1 fully saturated rings. The van der Waals surface area contributed by atoms with Gasteiger partial charge >= 0.3 is 5.97 Å². The van der Waals surface area contributed by atoms with E-state index in [4.69, 9.17) is 4.74 Å². The van der Waals surface area contributed by atoms with Crippen molar-refractivity contribution in [1.82, 2.24) is 5.32 Å². The van der Waals surface area contributed by atoms with Gasteiger partial charge in [-0.3, -0.25) is 4.79 Å². The number of hydrogen-bond donors (Lipinski definition) is 2. The molecule has 2 atom stereocenters. The number of benzene rings is 1. The summed E-state index contributed by atoms with van der Waals surface area (Å²) in [7, 11) is 1.60. The Bertz CT molecular complexity index is 559. The van der Waals surface area contributed by atoms with Crippen LogP contribution in [0.1, 0.15) is 24.8 Å². The Morgan fingerprint density at radius 2 is 2.17 bits per heavy atom. The van der Waals surface area contributed by atoms with Crippen LogP contribution in [0.4, 0.5) is 0 Å². The van der Waals surface area contributed by atoms with Crippen LogP contribution in [0.2, 0.25) is 0 Å². The molecular weight excluding hydrogens is 362 g/mol. The number of aliphatic carboxylic acids is 1. The number of methoxy groups -OCH3 is 1. The van der Waals surface area contributed by atoms with Crippen molar-refractivity contribution in [3.8, 4) is 0 Å². The number of hydrogen-bond acceptors (Lipinski definition) is 3. The van der Waals surface area contributed by atoms with E-state index in [1.807, 2.05) is 24.3 Å². The zero-order valence-electron chi connectivity index (χ0n) is 13.1. The zero-order valence-corrected chi connectivity index (χ0v) is 14.7. The molecule has 1 aliphatic rings. The average molecular weight is 384 g/mol. The van der Waals surface area contributed by atoms with Gasteiger partial charge in [-0.2, -0.15) is 0 Å². The number of rotatable bonds is 9. The smallest absolute Gasteiger partial charge is 0.326 e. The Kier molecular flexibility index (Phi) is 6.59. The number of carbonyl (C=O) groups is 2. The van der Waals surface area contributed by atoms with E-state index in [0.29, 0.717) is 19.4 Å². The standard InChI is InChI=1S/C17H22BrNO4/c1-23-8-7-13(9-11-3-2-4-14(18)10-11)16(20)19-15(17(21)22)12-5-6-12/h2-4,10,12-13,15H,5-9H2,1H3,(H,19,20)(H,21,22). The summed E-state index contributed by atoms with van der Waals surface area (Å²) in [5, 5.41) is 12.0. The summed E-state index contributed by atoms with van der Waals surface area (Å²) < 4.78 is 6.05. The minimum absolute atomic E-state index is 0.0744. The van der Waals surface area contributed by atoms with Gasteiger partial charge in [-0.1, -0.05) is 28.1 Å². The first-order chi connectivity index (χ1) is 11.0. The van der Waals surface area contributed by atoms with Crippen molar-refractivity contribution < 1.29 is 19.4 Å². The summed E-state index contributed by atoms with van der Waals surface area (Å²) in [6.45, 7) is 0.466. The quantitative estimate of drug-likeness (QED) is 0.687. The van der Waals surface area contributed by atoms with Gasteiger partial charge in [-0.15, -0.1) is 0 Å². The minimum Gasteiger partial charge on any atom is -0.480 e. The highest BCUT2D eigenvalue weighted by Gasteiger charge is 2.38. The Morgan fingerprint density at radius 3 is 2.74 bits per heavy atom. The van der Waals surface area contributed by atoms with Gasteiger partial charge in [0, 0.05) is 24.1 Å². The lowest BCUT2D eigenvalue weighted by molar-refractivity contribution is -0.143. The Hall–Kier alpha value is -1.40. The fourth-order valence-electron chi connectivity index (χ4n) is 2.62. The highest BCUT2D eigenvalue weighted by atomic mass is 79.9. The highest BCUT2D eigenvalue weighted by molar-refractivity contribution is 9.10. The molecule has 0 saturated heterocycles. The van der Waals surface area contributed by atoms with Crippen LogP contribution in [0, 0.1) is 11.8 Å². The van der Waals surface area contributed by atoms with E-state index in [0.717, 1.165) is 22.9 Å². The number of ether oxygens (including phenoxy) is 1. The third kappa shape index (κ3) is 5.62. The first-order valence-corrected chi connectivity index (χ1v) is 8.57. The van der Waals surface area contributed by atoms with Crippen molar-refractivity contribution in [3.05, 3.63) is 34.3 Å². The maximum absolute atomic E-state index is 12.5. The Balaban J connectivity index is 2.03. The summed E-state index contributed by atoms with van der Waals surface area (Å²) >= 11 is 3.43. The fourth-order valence-corrected chi connectivity index (χ4v) is 3.06. The molecule has 126 valence electrons. The lowest BCUT2D eigenvalue weighted by Gasteiger charge is -2.20. The maximum atomic E-state index is 12.5. The van der Waals surface area contributed by atoms with Crippen molar-refractivity contribution in [1.29, 1.82) is 0 Å². The molecule has 6 heteroatoms. The van der Waals surface area contributed by atoms with E-state index in [2.05, 4.69) is 21.2 Å². The molecule has 23 heavy (non-hydrogen) atoms. The van der Waals surface area contributed by atoms with Crippen molar-refractivity contribution >= 4 is 27.8 Å². The van der Waals surface area contributed by atoms with E-state index in [1.54, 1.807) is 7.11 Å². The van der Waals surface area contributed by atoms with Gasteiger partial charge in [0.05, 0.1) is 0 Å². The fraction of sp³-hybridized carbons (Fsp3) is 0.529. The third-order valence-corrected chi connectivity index (χ3v) is 4.56. The lowest BCUT2D eigenvalue weighted by atomic mass is 9.95. The first-order valence-electron chi connectivity index (χ1n) is 7.78. The number of nitrogens with one attached hydrogen (secondary N) is 1. The van der Waals surface area contributed by atoms with Crippen LogP contribution in [0.25, 0.3) is 0 Å². The molecule has 1 saturated carbocycles. The molecule has 1 aromatic rings. The predicted molar refractivity (Wildman–Crippen MR) is 90.1 cm³/mol. The normalized spacial score (nSPS) is 16.6. The molecule has 0 aromatic heterocycles. The monoisotopic (exact) mass is 383 g/mol. The van der Waals surface area contributed by atoms with Gasteiger partial charge in [0.1, 0.15) is 6.04 Å². The topological polar surface area (TPSA) is 75.6 Å². The second-order valence-corrected chi connectivity index (χ2v) is 6.89. The Morgan fingerprint density at radius 1 is 1.43 bits per heavy atom. The van der Waals surface area contributed by atoms with Gasteiger partial charge in [0.25, 0.3) is 0 Å². The van der Waals surface area contributed by atoms with Crippen LogP contribution in [0.5, 0.6) is 0 Å². The Labute approximate surface area is 144 Å². The number of carboxylic acids is 1. The van der Waals surface area contributed by atoms with Crippen LogP contribution < -0.4 is 5.32 Å². The second kappa shape index (κ2) is 8.45. The molecule has 2 unspecified atom stereocenters. The second-order valence-electron chi connectivity index (χ2n) is 5.97. The average Bonchev–Trinajstić information content (AvgIpc) is 3.33. The molecule has 1 aliphatic carbocycles. The van der Waals surface area contributed by atoms with Gasteiger partial charge < -0.3 is 15.2 Å².